The van der Waals surface area contributed by atoms with Gasteiger partial charge in [-0.05, 0) is 23.6 Å². The number of nitrogens with zero attached hydrogens (tertiary/aromatic N) is 1. The van der Waals surface area contributed by atoms with Gasteiger partial charge in [0.2, 0.25) is 5.88 Å². The van der Waals surface area contributed by atoms with Crippen LogP contribution in [0, 0.1) is 0 Å². The molecule has 0 atom stereocenters. The van der Waals surface area contributed by atoms with Crippen LogP contribution in [0.2, 0.25) is 0 Å². The second-order valence-electron chi connectivity index (χ2n) is 5.51. The van der Waals surface area contributed by atoms with Gasteiger partial charge in [0.05, 0.1) is 0 Å². The zero-order valence-electron chi connectivity index (χ0n) is 14.4. The third kappa shape index (κ3) is 8.75. The lowest BCUT2D eigenvalue weighted by Gasteiger charge is -2.07. The number of hydrogen-bond donors (Lipinski definition) is 1. The molecule has 144 valence electrons. The fourth-order valence-electron chi connectivity index (χ4n) is 1.98. The Labute approximate surface area is 154 Å². The van der Waals surface area contributed by atoms with Gasteiger partial charge < -0.3 is 14.8 Å². The number of aromatic nitrogens is 1. The zero-order valence-corrected chi connectivity index (χ0v) is 14.4. The van der Waals surface area contributed by atoms with E-state index in [0.29, 0.717) is 18.5 Å². The normalized spacial score (nSPS) is 11.4. The first-order chi connectivity index (χ1) is 12.9. The molecule has 2 rings (SSSR count). The largest absolute Gasteiger partial charge is 0.468 e. The Hall–Kier alpha value is -3.03. The molecule has 0 saturated carbocycles. The van der Waals surface area contributed by atoms with E-state index in [2.05, 4.69) is 15.0 Å². The molecule has 1 heterocycles. The first kappa shape index (κ1) is 20.3. The van der Waals surface area contributed by atoms with Crippen LogP contribution < -0.4 is 10.1 Å². The number of amides is 1. The third-order valence-corrected chi connectivity index (χ3v) is 3.25. The van der Waals surface area contributed by atoms with Gasteiger partial charge in [0.1, 0.15) is 6.61 Å². The molecule has 5 nitrogen and oxygen atoms in total. The van der Waals surface area contributed by atoms with Crippen molar-refractivity contribution in [3.05, 3.63) is 65.9 Å². The third-order valence-electron chi connectivity index (χ3n) is 3.25. The predicted molar refractivity (Wildman–Crippen MR) is 94.1 cm³/mol. The van der Waals surface area contributed by atoms with E-state index in [1.165, 1.54) is 12.3 Å². The minimum Gasteiger partial charge on any atom is -0.468 e. The Morgan fingerprint density at radius 3 is 2.59 bits per heavy atom. The minimum atomic E-state index is -4.39. The van der Waals surface area contributed by atoms with Gasteiger partial charge in [-0.25, -0.2) is 9.78 Å². The van der Waals surface area contributed by atoms with Crippen LogP contribution in [-0.4, -0.2) is 30.4 Å². The number of alkyl halides is 3. The highest BCUT2D eigenvalue weighted by Gasteiger charge is 2.28. The van der Waals surface area contributed by atoms with Crippen LogP contribution in [0.15, 0.2) is 54.7 Å². The standard InChI is InChI=1S/C19H19F3N2O3/c20-19(21,22)14-27-17-10-9-15(12-24-17)6-4-5-11-23-18(25)26-13-16-7-2-1-3-8-16/h1-4,6-10,12H,5,11,13-14H2,(H,23,25). The SMILES string of the molecule is O=C(NCCC=Cc1ccc(OCC(F)(F)F)nc1)OCc1ccccc1. The quantitative estimate of drug-likeness (QED) is 0.692. The number of carbonyl (C=O) groups is 1. The van der Waals surface area contributed by atoms with E-state index in [0.717, 1.165) is 5.56 Å². The second-order valence-corrected chi connectivity index (χ2v) is 5.51. The smallest absolute Gasteiger partial charge is 0.422 e. The summed E-state index contributed by atoms with van der Waals surface area (Å²) in [6.45, 7) is -0.775. The van der Waals surface area contributed by atoms with Gasteiger partial charge in [-0.15, -0.1) is 0 Å². The molecular weight excluding hydrogens is 361 g/mol. The lowest BCUT2D eigenvalue weighted by Crippen LogP contribution is -2.24. The average molecular weight is 380 g/mol. The Bertz CT molecular complexity index is 732. The van der Waals surface area contributed by atoms with E-state index >= 15 is 0 Å². The van der Waals surface area contributed by atoms with Crippen molar-refractivity contribution in [3.8, 4) is 5.88 Å². The molecule has 0 aliphatic heterocycles. The number of carbonyl (C=O) groups excluding carboxylic acids is 1. The van der Waals surface area contributed by atoms with Crippen LogP contribution in [0.1, 0.15) is 17.5 Å². The first-order valence-electron chi connectivity index (χ1n) is 8.19. The van der Waals surface area contributed by atoms with Gasteiger partial charge in [-0.2, -0.15) is 13.2 Å². The molecule has 1 aromatic heterocycles. The minimum absolute atomic E-state index is 0.0905. The van der Waals surface area contributed by atoms with Gasteiger partial charge in [0, 0.05) is 18.8 Å². The van der Waals surface area contributed by atoms with Crippen LogP contribution in [0.4, 0.5) is 18.0 Å². The summed E-state index contributed by atoms with van der Waals surface area (Å²) >= 11 is 0. The molecule has 0 aliphatic rings. The van der Waals surface area contributed by atoms with E-state index in [9.17, 15) is 18.0 Å². The summed E-state index contributed by atoms with van der Waals surface area (Å²) in [5.74, 6) is -0.0905. The van der Waals surface area contributed by atoms with Gasteiger partial charge in [0.15, 0.2) is 6.61 Å². The van der Waals surface area contributed by atoms with Crippen molar-refractivity contribution < 1.29 is 27.4 Å². The highest BCUT2D eigenvalue weighted by molar-refractivity contribution is 5.67. The van der Waals surface area contributed by atoms with Crippen LogP contribution in [-0.2, 0) is 11.3 Å². The number of halogens is 3. The van der Waals surface area contributed by atoms with Crippen LogP contribution in [0.3, 0.4) is 0 Å². The molecule has 0 spiro atoms. The van der Waals surface area contributed by atoms with E-state index in [1.54, 1.807) is 12.1 Å². The number of ether oxygens (including phenoxy) is 2. The molecule has 0 bridgehead atoms. The maximum Gasteiger partial charge on any atom is 0.422 e. The number of pyridine rings is 1. The number of hydrogen-bond acceptors (Lipinski definition) is 4. The number of benzene rings is 1. The number of alkyl carbamates (subject to hydrolysis) is 1. The van der Waals surface area contributed by atoms with Crippen molar-refractivity contribution >= 4 is 12.2 Å². The maximum atomic E-state index is 12.0. The molecule has 27 heavy (non-hydrogen) atoms. The number of nitrogens with one attached hydrogen (secondary N) is 1. The highest BCUT2D eigenvalue weighted by Crippen LogP contribution is 2.17. The van der Waals surface area contributed by atoms with E-state index < -0.39 is 18.9 Å². The van der Waals surface area contributed by atoms with Crippen LogP contribution in [0.25, 0.3) is 6.08 Å². The number of rotatable bonds is 8. The van der Waals surface area contributed by atoms with Crippen molar-refractivity contribution in [2.45, 2.75) is 19.2 Å². The Kier molecular flexibility index (Phi) is 7.66. The molecule has 8 heteroatoms. The maximum absolute atomic E-state index is 12.0. The molecule has 1 N–H and O–H groups in total. The summed E-state index contributed by atoms with van der Waals surface area (Å²) < 4.78 is 45.7. The van der Waals surface area contributed by atoms with Crippen molar-refractivity contribution in [2.24, 2.45) is 0 Å². The monoisotopic (exact) mass is 380 g/mol. The van der Waals surface area contributed by atoms with Crippen LogP contribution in [0.5, 0.6) is 5.88 Å². The second kappa shape index (κ2) is 10.2. The molecule has 0 saturated heterocycles. The van der Waals surface area contributed by atoms with Crippen molar-refractivity contribution in [1.29, 1.82) is 0 Å². The Morgan fingerprint density at radius 1 is 1.15 bits per heavy atom. The van der Waals surface area contributed by atoms with E-state index in [4.69, 9.17) is 4.74 Å². The lowest BCUT2D eigenvalue weighted by molar-refractivity contribution is -0.154. The Morgan fingerprint density at radius 2 is 1.93 bits per heavy atom. The molecule has 2 aromatic rings. The van der Waals surface area contributed by atoms with Crippen molar-refractivity contribution in [3.63, 3.8) is 0 Å². The molecule has 1 aromatic carbocycles. The van der Waals surface area contributed by atoms with E-state index in [-0.39, 0.29) is 12.5 Å². The molecule has 0 fully saturated rings. The fourth-order valence-corrected chi connectivity index (χ4v) is 1.98. The molecular formula is C19H19F3N2O3. The summed E-state index contributed by atoms with van der Waals surface area (Å²) in [5.41, 5.74) is 1.61. The summed E-state index contributed by atoms with van der Waals surface area (Å²) in [6, 6.07) is 12.3. The zero-order chi connectivity index (χ0) is 19.5. The predicted octanol–water partition coefficient (Wildman–Crippen LogP) is 4.35. The summed E-state index contributed by atoms with van der Waals surface area (Å²) in [7, 11) is 0. The van der Waals surface area contributed by atoms with Gasteiger partial charge >= 0.3 is 12.3 Å². The van der Waals surface area contributed by atoms with Crippen LogP contribution >= 0.6 is 0 Å². The van der Waals surface area contributed by atoms with Crippen molar-refractivity contribution in [2.75, 3.05) is 13.2 Å². The molecule has 1 amide bonds. The molecule has 0 unspecified atom stereocenters. The summed E-state index contributed by atoms with van der Waals surface area (Å²) in [6.07, 6.45) is 0.633. The van der Waals surface area contributed by atoms with Gasteiger partial charge in [-0.1, -0.05) is 42.5 Å². The average Bonchev–Trinajstić information content (AvgIpc) is 2.65. The summed E-state index contributed by atoms with van der Waals surface area (Å²) in [5, 5.41) is 2.62. The van der Waals surface area contributed by atoms with Gasteiger partial charge in [0.25, 0.3) is 0 Å². The van der Waals surface area contributed by atoms with Crippen molar-refractivity contribution in [1.82, 2.24) is 10.3 Å². The molecule has 0 aliphatic carbocycles. The summed E-state index contributed by atoms with van der Waals surface area (Å²) in [4.78, 5) is 15.4. The lowest BCUT2D eigenvalue weighted by atomic mass is 10.2. The molecule has 0 radical (unpaired) electrons. The fraction of sp³-hybridized carbons (Fsp3) is 0.263. The first-order valence-corrected chi connectivity index (χ1v) is 8.19. The Balaban J connectivity index is 1.63. The topological polar surface area (TPSA) is 60.5 Å². The van der Waals surface area contributed by atoms with E-state index in [1.807, 2.05) is 36.4 Å². The highest BCUT2D eigenvalue weighted by atomic mass is 19.4. The van der Waals surface area contributed by atoms with Gasteiger partial charge in [-0.3, -0.25) is 0 Å².